The standard InChI is InChI=1S/C23H29Cl2N5O/c1-14-12-21(29(2)3)28-23(26-14)27-17-7-9-18(10-8-17)30(22(31)15-4-5-15)20-11-6-16(24)13-19(20)25/h6,11-13,15,17-18H,4-5,7-10H2,1-3H3,(H,26,27,28). The summed E-state index contributed by atoms with van der Waals surface area (Å²) in [5.41, 5.74) is 1.71. The third-order valence-electron chi connectivity index (χ3n) is 6.03. The molecule has 1 aromatic heterocycles. The van der Waals surface area contributed by atoms with Crippen LogP contribution in [0.3, 0.4) is 0 Å². The highest BCUT2D eigenvalue weighted by Crippen LogP contribution is 2.39. The predicted octanol–water partition coefficient (Wildman–Crippen LogP) is 5.32. The molecule has 0 radical (unpaired) electrons. The SMILES string of the molecule is Cc1cc(N(C)C)nc(NC2CCC(N(C(=O)C3CC3)c3ccc(Cl)cc3Cl)CC2)n1. The lowest BCUT2D eigenvalue weighted by atomic mass is 9.89. The Kier molecular flexibility index (Phi) is 6.58. The van der Waals surface area contributed by atoms with Crippen LogP contribution in [0, 0.1) is 12.8 Å². The predicted molar refractivity (Wildman–Crippen MR) is 127 cm³/mol. The monoisotopic (exact) mass is 461 g/mol. The molecule has 4 rings (SSSR count). The first kappa shape index (κ1) is 22.2. The van der Waals surface area contributed by atoms with Gasteiger partial charge in [-0.25, -0.2) is 4.98 Å². The van der Waals surface area contributed by atoms with Gasteiger partial charge >= 0.3 is 0 Å². The first-order valence-corrected chi connectivity index (χ1v) is 11.6. The molecule has 1 N–H and O–H groups in total. The van der Waals surface area contributed by atoms with Gasteiger partial charge in [-0.15, -0.1) is 0 Å². The van der Waals surface area contributed by atoms with Gasteiger partial charge < -0.3 is 15.1 Å². The van der Waals surface area contributed by atoms with Crippen LogP contribution in [0.25, 0.3) is 0 Å². The van der Waals surface area contributed by atoms with E-state index in [1.807, 2.05) is 43.0 Å². The van der Waals surface area contributed by atoms with Crippen LogP contribution in [0.5, 0.6) is 0 Å². The molecule has 2 fully saturated rings. The Balaban J connectivity index is 1.46. The Labute approximate surface area is 193 Å². The molecule has 0 bridgehead atoms. The van der Waals surface area contributed by atoms with Crippen molar-refractivity contribution in [2.45, 2.75) is 57.5 Å². The Hall–Kier alpha value is -2.05. The molecule has 0 unspecified atom stereocenters. The summed E-state index contributed by atoms with van der Waals surface area (Å²) in [5, 5.41) is 4.62. The van der Waals surface area contributed by atoms with Crippen molar-refractivity contribution in [2.24, 2.45) is 5.92 Å². The van der Waals surface area contributed by atoms with Crippen molar-refractivity contribution in [3.8, 4) is 0 Å². The second kappa shape index (κ2) is 9.21. The molecule has 6 nitrogen and oxygen atoms in total. The molecule has 31 heavy (non-hydrogen) atoms. The van der Waals surface area contributed by atoms with E-state index >= 15 is 0 Å². The summed E-state index contributed by atoms with van der Waals surface area (Å²) in [7, 11) is 3.95. The molecule has 2 aliphatic rings. The first-order chi connectivity index (χ1) is 14.8. The van der Waals surface area contributed by atoms with E-state index in [2.05, 4.69) is 15.3 Å². The molecule has 0 saturated heterocycles. The van der Waals surface area contributed by atoms with Crippen LogP contribution in [-0.4, -0.2) is 42.1 Å². The number of halogens is 2. The molecule has 0 spiro atoms. The average molecular weight is 462 g/mol. The highest BCUT2D eigenvalue weighted by Gasteiger charge is 2.39. The molecule has 0 aliphatic heterocycles. The van der Waals surface area contributed by atoms with Gasteiger partial charge in [0.1, 0.15) is 5.82 Å². The van der Waals surface area contributed by atoms with E-state index < -0.39 is 0 Å². The van der Waals surface area contributed by atoms with E-state index in [-0.39, 0.29) is 23.9 Å². The highest BCUT2D eigenvalue weighted by atomic mass is 35.5. The number of amides is 1. The number of hydrogen-bond acceptors (Lipinski definition) is 5. The molecule has 0 atom stereocenters. The van der Waals surface area contributed by atoms with E-state index in [9.17, 15) is 4.79 Å². The van der Waals surface area contributed by atoms with Gasteiger partial charge in [0, 0.05) is 48.9 Å². The van der Waals surface area contributed by atoms with Crippen molar-refractivity contribution in [1.82, 2.24) is 9.97 Å². The minimum Gasteiger partial charge on any atom is -0.363 e. The van der Waals surface area contributed by atoms with Crippen LogP contribution < -0.4 is 15.1 Å². The maximum Gasteiger partial charge on any atom is 0.230 e. The zero-order valence-electron chi connectivity index (χ0n) is 18.2. The number of nitrogens with one attached hydrogen (secondary N) is 1. The number of aryl methyl sites for hydroxylation is 1. The van der Waals surface area contributed by atoms with Crippen molar-refractivity contribution in [3.63, 3.8) is 0 Å². The summed E-state index contributed by atoms with van der Waals surface area (Å²) in [4.78, 5) is 26.2. The van der Waals surface area contributed by atoms with Gasteiger partial charge in [-0.2, -0.15) is 4.98 Å². The third kappa shape index (κ3) is 5.24. The van der Waals surface area contributed by atoms with Gasteiger partial charge in [-0.3, -0.25) is 4.79 Å². The summed E-state index contributed by atoms with van der Waals surface area (Å²) < 4.78 is 0. The number of benzene rings is 1. The summed E-state index contributed by atoms with van der Waals surface area (Å²) >= 11 is 12.6. The number of nitrogens with zero attached hydrogens (tertiary/aromatic N) is 4. The molecule has 2 aliphatic carbocycles. The maximum atomic E-state index is 13.1. The minimum atomic E-state index is 0.132. The second-order valence-electron chi connectivity index (χ2n) is 8.81. The zero-order valence-corrected chi connectivity index (χ0v) is 19.7. The lowest BCUT2D eigenvalue weighted by molar-refractivity contribution is -0.120. The molecule has 2 aromatic rings. The molecule has 1 heterocycles. The number of rotatable bonds is 6. The summed E-state index contributed by atoms with van der Waals surface area (Å²) in [6, 6.07) is 7.79. The van der Waals surface area contributed by atoms with Crippen LogP contribution in [0.15, 0.2) is 24.3 Å². The normalized spacial score (nSPS) is 20.9. The van der Waals surface area contributed by atoms with Crippen molar-refractivity contribution < 1.29 is 4.79 Å². The van der Waals surface area contributed by atoms with Crippen molar-refractivity contribution in [3.05, 3.63) is 40.0 Å². The van der Waals surface area contributed by atoms with Crippen molar-refractivity contribution in [1.29, 1.82) is 0 Å². The van der Waals surface area contributed by atoms with E-state index in [1.165, 1.54) is 0 Å². The number of aromatic nitrogens is 2. The molecule has 8 heteroatoms. The van der Waals surface area contributed by atoms with Crippen LogP contribution in [-0.2, 0) is 4.79 Å². The van der Waals surface area contributed by atoms with E-state index in [1.54, 1.807) is 12.1 Å². The molecular formula is C23H29Cl2N5O. The smallest absolute Gasteiger partial charge is 0.230 e. The fourth-order valence-corrected chi connectivity index (χ4v) is 4.71. The topological polar surface area (TPSA) is 61.4 Å². The average Bonchev–Trinajstić information content (AvgIpc) is 3.56. The minimum absolute atomic E-state index is 0.132. The lowest BCUT2D eigenvalue weighted by Crippen LogP contribution is -2.45. The van der Waals surface area contributed by atoms with Gasteiger partial charge in [-0.05, 0) is 63.6 Å². The molecule has 1 amide bonds. The molecule has 166 valence electrons. The van der Waals surface area contributed by atoms with Crippen molar-refractivity contribution >= 4 is 46.6 Å². The van der Waals surface area contributed by atoms with Crippen molar-refractivity contribution in [2.75, 3.05) is 29.2 Å². The van der Waals surface area contributed by atoms with Gasteiger partial charge in [0.05, 0.1) is 10.7 Å². The van der Waals surface area contributed by atoms with Gasteiger partial charge in [0.2, 0.25) is 11.9 Å². The molecule has 1 aromatic carbocycles. The summed E-state index contributed by atoms with van der Waals surface area (Å²) in [6.07, 6.45) is 5.63. The van der Waals surface area contributed by atoms with Gasteiger partial charge in [-0.1, -0.05) is 23.2 Å². The van der Waals surface area contributed by atoms with Gasteiger partial charge in [0.25, 0.3) is 0 Å². The fourth-order valence-electron chi connectivity index (χ4n) is 4.21. The Morgan fingerprint density at radius 1 is 1.03 bits per heavy atom. The number of anilines is 3. The maximum absolute atomic E-state index is 13.1. The van der Waals surface area contributed by atoms with E-state index in [4.69, 9.17) is 23.2 Å². The summed E-state index contributed by atoms with van der Waals surface area (Å²) in [6.45, 7) is 1.98. The first-order valence-electron chi connectivity index (χ1n) is 10.9. The zero-order chi connectivity index (χ0) is 22.1. The number of hydrogen-bond donors (Lipinski definition) is 1. The molecular weight excluding hydrogens is 433 g/mol. The molecule has 2 saturated carbocycles. The quantitative estimate of drug-likeness (QED) is 0.629. The Morgan fingerprint density at radius 3 is 2.35 bits per heavy atom. The largest absolute Gasteiger partial charge is 0.363 e. The van der Waals surface area contributed by atoms with Crippen LogP contribution in [0.2, 0.25) is 10.0 Å². The Morgan fingerprint density at radius 2 is 1.74 bits per heavy atom. The van der Waals surface area contributed by atoms with Gasteiger partial charge in [0.15, 0.2) is 0 Å². The van der Waals surface area contributed by atoms with Crippen LogP contribution >= 0.6 is 23.2 Å². The van der Waals surface area contributed by atoms with Crippen LogP contribution in [0.1, 0.15) is 44.2 Å². The summed E-state index contributed by atoms with van der Waals surface area (Å²) in [5.74, 6) is 1.88. The lowest BCUT2D eigenvalue weighted by Gasteiger charge is -2.38. The number of carbonyl (C=O) groups excluding carboxylic acids is 1. The fraction of sp³-hybridized carbons (Fsp3) is 0.522. The number of carbonyl (C=O) groups is 1. The van der Waals surface area contributed by atoms with Crippen LogP contribution in [0.4, 0.5) is 17.5 Å². The highest BCUT2D eigenvalue weighted by molar-refractivity contribution is 6.36. The van der Waals surface area contributed by atoms with E-state index in [0.717, 1.165) is 55.7 Å². The Bertz CT molecular complexity index is 955. The second-order valence-corrected chi connectivity index (χ2v) is 9.66. The third-order valence-corrected chi connectivity index (χ3v) is 6.57. The van der Waals surface area contributed by atoms with E-state index in [0.29, 0.717) is 16.0 Å².